The van der Waals surface area contributed by atoms with Crippen LogP contribution in [0.2, 0.25) is 0 Å². The highest BCUT2D eigenvalue weighted by Crippen LogP contribution is 2.40. The van der Waals surface area contributed by atoms with E-state index < -0.39 is 5.60 Å². The lowest BCUT2D eigenvalue weighted by molar-refractivity contribution is 0.0117. The van der Waals surface area contributed by atoms with Crippen LogP contribution in [0.1, 0.15) is 28.7 Å². The van der Waals surface area contributed by atoms with Gasteiger partial charge in [-0.25, -0.2) is 0 Å². The second-order valence-corrected chi connectivity index (χ2v) is 8.33. The molecule has 0 atom stereocenters. The topological polar surface area (TPSA) is 30.5 Å². The zero-order valence-electron chi connectivity index (χ0n) is 19.8. The third-order valence-corrected chi connectivity index (χ3v) is 6.11. The summed E-state index contributed by atoms with van der Waals surface area (Å²) in [5.74, 6) is 0.896. The van der Waals surface area contributed by atoms with Gasteiger partial charge in [-0.3, -0.25) is 0 Å². The number of benzene rings is 4. The van der Waals surface area contributed by atoms with E-state index in [0.29, 0.717) is 6.61 Å². The number of hydrogen-bond donors (Lipinski definition) is 1. The van der Waals surface area contributed by atoms with Crippen LogP contribution < -0.4 is 10.1 Å². The SMILES string of the molecule is COc1ccc(CCNCCCOC(c2ccccc2)(c2ccccc2)c2ccccc2)cc1. The Morgan fingerprint density at radius 2 is 1.12 bits per heavy atom. The maximum atomic E-state index is 6.82. The molecule has 0 spiro atoms. The van der Waals surface area contributed by atoms with E-state index in [1.165, 1.54) is 5.56 Å². The normalized spacial score (nSPS) is 11.3. The van der Waals surface area contributed by atoms with Crippen LogP contribution in [0.3, 0.4) is 0 Å². The van der Waals surface area contributed by atoms with E-state index in [9.17, 15) is 0 Å². The van der Waals surface area contributed by atoms with Crippen molar-refractivity contribution >= 4 is 0 Å². The third-order valence-electron chi connectivity index (χ3n) is 6.11. The summed E-state index contributed by atoms with van der Waals surface area (Å²) in [6, 6.07) is 39.9. The fourth-order valence-electron chi connectivity index (χ4n) is 4.34. The lowest BCUT2D eigenvalue weighted by Crippen LogP contribution is -2.34. The van der Waals surface area contributed by atoms with Crippen LogP contribution in [-0.4, -0.2) is 26.8 Å². The molecule has 34 heavy (non-hydrogen) atoms. The highest BCUT2D eigenvalue weighted by molar-refractivity contribution is 5.47. The Morgan fingerprint density at radius 3 is 1.59 bits per heavy atom. The Morgan fingerprint density at radius 1 is 0.618 bits per heavy atom. The first-order chi connectivity index (χ1) is 16.8. The highest BCUT2D eigenvalue weighted by atomic mass is 16.5. The van der Waals surface area contributed by atoms with Gasteiger partial charge in [0, 0.05) is 6.61 Å². The fourth-order valence-corrected chi connectivity index (χ4v) is 4.34. The zero-order valence-corrected chi connectivity index (χ0v) is 19.8. The summed E-state index contributed by atoms with van der Waals surface area (Å²) in [7, 11) is 1.70. The quantitative estimate of drug-likeness (QED) is 0.205. The average Bonchev–Trinajstić information content (AvgIpc) is 2.92. The van der Waals surface area contributed by atoms with Crippen LogP contribution in [0.25, 0.3) is 0 Å². The van der Waals surface area contributed by atoms with Crippen molar-refractivity contribution in [3.63, 3.8) is 0 Å². The number of nitrogens with one attached hydrogen (secondary N) is 1. The molecule has 0 radical (unpaired) electrons. The van der Waals surface area contributed by atoms with Gasteiger partial charge < -0.3 is 14.8 Å². The van der Waals surface area contributed by atoms with Gasteiger partial charge in [0.1, 0.15) is 11.4 Å². The Hall–Kier alpha value is -3.40. The molecule has 0 unspecified atom stereocenters. The zero-order chi connectivity index (χ0) is 23.5. The fraction of sp³-hybridized carbons (Fsp3) is 0.226. The first-order valence-electron chi connectivity index (χ1n) is 12.0. The Kier molecular flexibility index (Phi) is 8.50. The Labute approximate surface area is 203 Å². The molecule has 174 valence electrons. The number of rotatable bonds is 12. The molecule has 0 aliphatic heterocycles. The van der Waals surface area contributed by atoms with Crippen LogP contribution in [0, 0.1) is 0 Å². The lowest BCUT2D eigenvalue weighted by atomic mass is 9.80. The molecule has 1 N–H and O–H groups in total. The van der Waals surface area contributed by atoms with Crippen molar-refractivity contribution in [3.05, 3.63) is 138 Å². The minimum absolute atomic E-state index is 0.646. The van der Waals surface area contributed by atoms with Gasteiger partial charge in [0.15, 0.2) is 0 Å². The van der Waals surface area contributed by atoms with Crippen LogP contribution in [0.5, 0.6) is 5.75 Å². The van der Waals surface area contributed by atoms with Gasteiger partial charge in [-0.1, -0.05) is 103 Å². The monoisotopic (exact) mass is 451 g/mol. The molecular formula is C31H33NO2. The van der Waals surface area contributed by atoms with E-state index in [0.717, 1.165) is 48.4 Å². The largest absolute Gasteiger partial charge is 0.497 e. The Bertz CT molecular complexity index is 1000. The van der Waals surface area contributed by atoms with Crippen molar-refractivity contribution in [2.75, 3.05) is 26.8 Å². The molecule has 0 aliphatic rings. The van der Waals surface area contributed by atoms with Crippen molar-refractivity contribution in [1.82, 2.24) is 5.32 Å². The molecule has 0 fully saturated rings. The first kappa shape index (κ1) is 23.7. The van der Waals surface area contributed by atoms with E-state index in [1.54, 1.807) is 7.11 Å². The third kappa shape index (κ3) is 5.74. The van der Waals surface area contributed by atoms with Crippen LogP contribution >= 0.6 is 0 Å². The summed E-state index contributed by atoms with van der Waals surface area (Å²) in [5, 5.41) is 3.56. The minimum Gasteiger partial charge on any atom is -0.497 e. The molecule has 0 bridgehead atoms. The summed E-state index contributed by atoms with van der Waals surface area (Å²) in [5.41, 5.74) is 4.08. The molecule has 0 saturated carbocycles. The summed E-state index contributed by atoms with van der Waals surface area (Å²) in [6.45, 7) is 2.49. The Balaban J connectivity index is 1.42. The summed E-state index contributed by atoms with van der Waals surface area (Å²) in [6.07, 6.45) is 1.92. The van der Waals surface area contributed by atoms with E-state index >= 15 is 0 Å². The molecule has 4 aromatic rings. The smallest absolute Gasteiger partial charge is 0.143 e. The van der Waals surface area contributed by atoms with Crippen molar-refractivity contribution in [3.8, 4) is 5.75 Å². The van der Waals surface area contributed by atoms with E-state index in [1.807, 2.05) is 12.1 Å². The predicted octanol–water partition coefficient (Wildman–Crippen LogP) is 6.23. The molecule has 0 amide bonds. The number of hydrogen-bond acceptors (Lipinski definition) is 3. The molecule has 4 aromatic carbocycles. The highest BCUT2D eigenvalue weighted by Gasteiger charge is 2.37. The van der Waals surface area contributed by atoms with Crippen molar-refractivity contribution < 1.29 is 9.47 Å². The molecular weight excluding hydrogens is 418 g/mol. The number of ether oxygens (including phenoxy) is 2. The van der Waals surface area contributed by atoms with Gasteiger partial charge in [-0.05, 0) is 60.3 Å². The average molecular weight is 452 g/mol. The summed E-state index contributed by atoms with van der Waals surface area (Å²) >= 11 is 0. The van der Waals surface area contributed by atoms with Crippen LogP contribution in [0.15, 0.2) is 115 Å². The van der Waals surface area contributed by atoms with E-state index in [2.05, 4.69) is 108 Å². The van der Waals surface area contributed by atoms with Crippen LogP contribution in [0.4, 0.5) is 0 Å². The molecule has 0 aliphatic carbocycles. The lowest BCUT2D eigenvalue weighted by Gasteiger charge is -2.36. The van der Waals surface area contributed by atoms with Gasteiger partial charge >= 0.3 is 0 Å². The van der Waals surface area contributed by atoms with E-state index in [4.69, 9.17) is 9.47 Å². The molecule has 0 heterocycles. The molecule has 4 rings (SSSR count). The van der Waals surface area contributed by atoms with Crippen molar-refractivity contribution in [2.45, 2.75) is 18.4 Å². The molecule has 0 aromatic heterocycles. The van der Waals surface area contributed by atoms with Gasteiger partial charge in [-0.2, -0.15) is 0 Å². The number of methoxy groups -OCH3 is 1. The maximum Gasteiger partial charge on any atom is 0.143 e. The molecule has 0 saturated heterocycles. The van der Waals surface area contributed by atoms with Gasteiger partial charge in [0.2, 0.25) is 0 Å². The molecule has 3 heteroatoms. The van der Waals surface area contributed by atoms with Crippen molar-refractivity contribution in [2.24, 2.45) is 0 Å². The maximum absolute atomic E-state index is 6.82. The molecule has 3 nitrogen and oxygen atoms in total. The second kappa shape index (κ2) is 12.2. The van der Waals surface area contributed by atoms with Gasteiger partial charge in [0.05, 0.1) is 7.11 Å². The first-order valence-corrected chi connectivity index (χ1v) is 12.0. The van der Waals surface area contributed by atoms with E-state index in [-0.39, 0.29) is 0 Å². The predicted molar refractivity (Wildman–Crippen MR) is 139 cm³/mol. The van der Waals surface area contributed by atoms with Crippen molar-refractivity contribution in [1.29, 1.82) is 0 Å². The standard InChI is InChI=1S/C31H33NO2/c1-33-30-20-18-26(19-21-30)22-24-32-23-11-25-34-31(27-12-5-2-6-13-27,28-14-7-3-8-15-28)29-16-9-4-10-17-29/h2-10,12-21,32H,11,22-25H2,1H3. The van der Waals surface area contributed by atoms with Gasteiger partial charge in [-0.15, -0.1) is 0 Å². The summed E-state index contributed by atoms with van der Waals surface area (Å²) < 4.78 is 12.1. The second-order valence-electron chi connectivity index (χ2n) is 8.33. The van der Waals surface area contributed by atoms with Gasteiger partial charge in [0.25, 0.3) is 0 Å². The summed E-state index contributed by atoms with van der Waals surface area (Å²) in [4.78, 5) is 0. The van der Waals surface area contributed by atoms with Crippen LogP contribution in [-0.2, 0) is 16.8 Å². The minimum atomic E-state index is -0.646.